The standard InChI is InChI=1S/C18H29ClO/c1-2-3-4-5-8-15-20-16-9-6-7-10-17-11-13-18(19)14-12-17/h11-14H,2-10,15-16H2,1H3. The Morgan fingerprint density at radius 3 is 2.05 bits per heavy atom. The van der Waals surface area contributed by atoms with Gasteiger partial charge >= 0.3 is 0 Å². The summed E-state index contributed by atoms with van der Waals surface area (Å²) in [4.78, 5) is 0. The summed E-state index contributed by atoms with van der Waals surface area (Å²) < 4.78 is 5.66. The summed E-state index contributed by atoms with van der Waals surface area (Å²) in [5.74, 6) is 0. The van der Waals surface area contributed by atoms with Crippen LogP contribution in [0.15, 0.2) is 24.3 Å². The summed E-state index contributed by atoms with van der Waals surface area (Å²) in [5, 5.41) is 0.820. The molecule has 20 heavy (non-hydrogen) atoms. The van der Waals surface area contributed by atoms with Crippen molar-refractivity contribution in [2.75, 3.05) is 13.2 Å². The molecule has 0 aliphatic heterocycles. The Morgan fingerprint density at radius 2 is 1.40 bits per heavy atom. The van der Waals surface area contributed by atoms with E-state index >= 15 is 0 Å². The molecule has 0 bridgehead atoms. The van der Waals surface area contributed by atoms with E-state index in [9.17, 15) is 0 Å². The van der Waals surface area contributed by atoms with Crippen LogP contribution in [0.1, 0.15) is 63.9 Å². The molecule has 1 aromatic rings. The van der Waals surface area contributed by atoms with Gasteiger partial charge in [0.2, 0.25) is 0 Å². The summed E-state index contributed by atoms with van der Waals surface area (Å²) in [6.45, 7) is 4.12. The minimum Gasteiger partial charge on any atom is -0.381 e. The topological polar surface area (TPSA) is 9.23 Å². The van der Waals surface area contributed by atoms with E-state index in [0.29, 0.717) is 0 Å². The molecule has 0 fully saturated rings. The van der Waals surface area contributed by atoms with Crippen molar-refractivity contribution in [1.29, 1.82) is 0 Å². The van der Waals surface area contributed by atoms with Crippen molar-refractivity contribution >= 4 is 11.6 Å². The van der Waals surface area contributed by atoms with E-state index < -0.39 is 0 Å². The van der Waals surface area contributed by atoms with E-state index in [1.165, 1.54) is 56.9 Å². The maximum atomic E-state index is 5.87. The summed E-state index contributed by atoms with van der Waals surface area (Å²) in [6, 6.07) is 8.18. The molecule has 1 nitrogen and oxygen atoms in total. The molecule has 0 unspecified atom stereocenters. The van der Waals surface area contributed by atoms with Gasteiger partial charge in [-0.25, -0.2) is 0 Å². The van der Waals surface area contributed by atoms with Crippen LogP contribution in [0.5, 0.6) is 0 Å². The Bertz CT molecular complexity index is 321. The van der Waals surface area contributed by atoms with Crippen LogP contribution in [0.2, 0.25) is 5.02 Å². The first-order valence-electron chi connectivity index (χ1n) is 8.15. The lowest BCUT2D eigenvalue weighted by atomic mass is 10.1. The van der Waals surface area contributed by atoms with Gasteiger partial charge in [0.1, 0.15) is 0 Å². The van der Waals surface area contributed by atoms with E-state index in [-0.39, 0.29) is 0 Å². The molecule has 0 spiro atoms. The molecule has 0 heterocycles. The van der Waals surface area contributed by atoms with Gasteiger partial charge in [0.25, 0.3) is 0 Å². The summed E-state index contributed by atoms with van der Waals surface area (Å²) in [5.41, 5.74) is 1.38. The largest absolute Gasteiger partial charge is 0.381 e. The van der Waals surface area contributed by atoms with Crippen molar-refractivity contribution in [1.82, 2.24) is 0 Å². The molecule has 0 saturated heterocycles. The molecule has 0 saturated carbocycles. The summed E-state index contributed by atoms with van der Waals surface area (Å²) >= 11 is 5.87. The number of unbranched alkanes of at least 4 members (excludes halogenated alkanes) is 6. The molecule has 0 amide bonds. The van der Waals surface area contributed by atoms with Crippen LogP contribution in [0, 0.1) is 0 Å². The third-order valence-electron chi connectivity index (χ3n) is 3.56. The van der Waals surface area contributed by atoms with E-state index in [0.717, 1.165) is 24.7 Å². The molecule has 1 aromatic carbocycles. The molecular formula is C18H29ClO. The SMILES string of the molecule is CCCCCCCOCCCCCc1ccc(Cl)cc1. The van der Waals surface area contributed by atoms with Crippen LogP contribution >= 0.6 is 11.6 Å². The third kappa shape index (κ3) is 9.39. The number of benzene rings is 1. The minimum atomic E-state index is 0.820. The number of hydrogen-bond acceptors (Lipinski definition) is 1. The first kappa shape index (κ1) is 17.5. The number of hydrogen-bond donors (Lipinski definition) is 0. The Labute approximate surface area is 129 Å². The molecule has 0 atom stereocenters. The fourth-order valence-electron chi connectivity index (χ4n) is 2.27. The summed E-state index contributed by atoms with van der Waals surface area (Å²) in [6.07, 6.45) is 11.4. The van der Waals surface area contributed by atoms with E-state index in [2.05, 4.69) is 19.1 Å². The zero-order valence-electron chi connectivity index (χ0n) is 12.9. The lowest BCUT2D eigenvalue weighted by molar-refractivity contribution is 0.126. The molecule has 1 rings (SSSR count). The molecule has 0 aliphatic rings. The van der Waals surface area contributed by atoms with Crippen LogP contribution in [-0.4, -0.2) is 13.2 Å². The highest BCUT2D eigenvalue weighted by Gasteiger charge is 1.95. The highest BCUT2D eigenvalue weighted by molar-refractivity contribution is 6.30. The van der Waals surface area contributed by atoms with Crippen LogP contribution in [0.3, 0.4) is 0 Å². The maximum Gasteiger partial charge on any atom is 0.0466 e. The number of ether oxygens (including phenoxy) is 1. The molecular weight excluding hydrogens is 268 g/mol. The Hall–Kier alpha value is -0.530. The molecule has 0 N–H and O–H groups in total. The van der Waals surface area contributed by atoms with Crippen molar-refractivity contribution in [3.05, 3.63) is 34.9 Å². The summed E-state index contributed by atoms with van der Waals surface area (Å²) in [7, 11) is 0. The van der Waals surface area contributed by atoms with Crippen LogP contribution in [0.25, 0.3) is 0 Å². The van der Waals surface area contributed by atoms with Gasteiger partial charge in [-0.15, -0.1) is 0 Å². The molecule has 0 aromatic heterocycles. The van der Waals surface area contributed by atoms with Crippen LogP contribution in [0.4, 0.5) is 0 Å². The quantitative estimate of drug-likeness (QED) is 0.427. The van der Waals surface area contributed by atoms with Gasteiger partial charge in [-0.05, 0) is 43.4 Å². The van der Waals surface area contributed by atoms with Crippen LogP contribution in [-0.2, 0) is 11.2 Å². The van der Waals surface area contributed by atoms with Gasteiger partial charge in [-0.3, -0.25) is 0 Å². The van der Waals surface area contributed by atoms with Gasteiger partial charge in [-0.1, -0.05) is 62.8 Å². The number of halogens is 1. The molecule has 2 heteroatoms. The van der Waals surface area contributed by atoms with Crippen molar-refractivity contribution in [2.24, 2.45) is 0 Å². The Balaban J connectivity index is 1.84. The zero-order valence-corrected chi connectivity index (χ0v) is 13.6. The van der Waals surface area contributed by atoms with Gasteiger partial charge in [-0.2, -0.15) is 0 Å². The lowest BCUT2D eigenvalue weighted by Gasteiger charge is -2.05. The average molecular weight is 297 g/mol. The molecule has 114 valence electrons. The number of rotatable bonds is 12. The zero-order chi connectivity index (χ0) is 14.5. The fourth-order valence-corrected chi connectivity index (χ4v) is 2.40. The van der Waals surface area contributed by atoms with Crippen LogP contribution < -0.4 is 0 Å². The average Bonchev–Trinajstić information content (AvgIpc) is 2.47. The van der Waals surface area contributed by atoms with Crippen molar-refractivity contribution in [3.8, 4) is 0 Å². The predicted molar refractivity (Wildman–Crippen MR) is 88.6 cm³/mol. The number of aryl methyl sites for hydroxylation is 1. The Kier molecular flexibility index (Phi) is 10.7. The second-order valence-electron chi connectivity index (χ2n) is 5.46. The monoisotopic (exact) mass is 296 g/mol. The van der Waals surface area contributed by atoms with Crippen molar-refractivity contribution < 1.29 is 4.74 Å². The highest BCUT2D eigenvalue weighted by Crippen LogP contribution is 2.12. The Morgan fingerprint density at radius 1 is 0.800 bits per heavy atom. The first-order chi connectivity index (χ1) is 9.83. The van der Waals surface area contributed by atoms with Gasteiger partial charge in [0, 0.05) is 18.2 Å². The molecule has 0 radical (unpaired) electrons. The maximum absolute atomic E-state index is 5.87. The van der Waals surface area contributed by atoms with E-state index in [1.807, 2.05) is 12.1 Å². The normalized spacial score (nSPS) is 10.9. The first-order valence-corrected chi connectivity index (χ1v) is 8.53. The second-order valence-corrected chi connectivity index (χ2v) is 5.90. The van der Waals surface area contributed by atoms with E-state index in [1.54, 1.807) is 0 Å². The highest BCUT2D eigenvalue weighted by atomic mass is 35.5. The third-order valence-corrected chi connectivity index (χ3v) is 3.81. The van der Waals surface area contributed by atoms with Crippen molar-refractivity contribution in [2.45, 2.75) is 64.7 Å². The van der Waals surface area contributed by atoms with Gasteiger partial charge in [0.05, 0.1) is 0 Å². The second kappa shape index (κ2) is 12.2. The smallest absolute Gasteiger partial charge is 0.0466 e. The van der Waals surface area contributed by atoms with Crippen molar-refractivity contribution in [3.63, 3.8) is 0 Å². The predicted octanol–water partition coefficient (Wildman–Crippen LogP) is 6.04. The van der Waals surface area contributed by atoms with E-state index in [4.69, 9.17) is 16.3 Å². The van der Waals surface area contributed by atoms with Gasteiger partial charge in [0.15, 0.2) is 0 Å². The lowest BCUT2D eigenvalue weighted by Crippen LogP contribution is -1.97. The fraction of sp³-hybridized carbons (Fsp3) is 0.667. The molecule has 0 aliphatic carbocycles. The van der Waals surface area contributed by atoms with Gasteiger partial charge < -0.3 is 4.74 Å². The minimum absolute atomic E-state index is 0.820.